The fourth-order valence-corrected chi connectivity index (χ4v) is 2.27. The van der Waals surface area contributed by atoms with Crippen molar-refractivity contribution >= 4 is 28.8 Å². The van der Waals surface area contributed by atoms with Gasteiger partial charge in [0.15, 0.2) is 0 Å². The second-order valence-electron chi connectivity index (χ2n) is 4.41. The molecule has 0 aliphatic heterocycles. The smallest absolute Gasteiger partial charge is 0.234 e. The van der Waals surface area contributed by atoms with Crippen LogP contribution in [0.3, 0.4) is 0 Å². The molecule has 0 saturated heterocycles. The van der Waals surface area contributed by atoms with Crippen molar-refractivity contribution in [3.8, 4) is 0 Å². The van der Waals surface area contributed by atoms with Crippen LogP contribution in [-0.2, 0) is 11.3 Å². The maximum Gasteiger partial charge on any atom is 0.234 e. The molecular weight excluding hydrogens is 256 g/mol. The summed E-state index contributed by atoms with van der Waals surface area (Å²) < 4.78 is 0.777. The summed E-state index contributed by atoms with van der Waals surface area (Å²) in [6.07, 6.45) is 0. The topological polar surface area (TPSA) is 41.1 Å². The zero-order valence-corrected chi connectivity index (χ0v) is 12.0. The number of halogens is 1. The van der Waals surface area contributed by atoms with Gasteiger partial charge in [-0.1, -0.05) is 25.4 Å². The van der Waals surface area contributed by atoms with Crippen LogP contribution in [0.4, 0.5) is 0 Å². The maximum absolute atomic E-state index is 11.6. The molecule has 1 aromatic rings. The van der Waals surface area contributed by atoms with E-state index in [1.807, 2.05) is 19.1 Å². The highest BCUT2D eigenvalue weighted by Crippen LogP contribution is 2.20. The van der Waals surface area contributed by atoms with Crippen LogP contribution in [0.15, 0.2) is 12.1 Å². The molecular formula is C12H19ClN2OS. The fraction of sp³-hybridized carbons (Fsp3) is 0.583. The Balaban J connectivity index is 2.20. The van der Waals surface area contributed by atoms with Gasteiger partial charge in [0.1, 0.15) is 0 Å². The van der Waals surface area contributed by atoms with Crippen molar-refractivity contribution in [2.24, 2.45) is 5.92 Å². The zero-order chi connectivity index (χ0) is 12.8. The Hall–Kier alpha value is -0.580. The molecule has 0 bridgehead atoms. The number of rotatable bonds is 6. The van der Waals surface area contributed by atoms with Crippen molar-refractivity contribution in [2.75, 3.05) is 6.54 Å². The van der Waals surface area contributed by atoms with Gasteiger partial charge in [0.2, 0.25) is 5.91 Å². The third-order valence-corrected chi connectivity index (χ3v) is 3.83. The van der Waals surface area contributed by atoms with Crippen molar-refractivity contribution < 1.29 is 4.79 Å². The van der Waals surface area contributed by atoms with Crippen molar-refractivity contribution in [3.05, 3.63) is 21.3 Å². The van der Waals surface area contributed by atoms with Crippen LogP contribution in [0.2, 0.25) is 4.34 Å². The highest BCUT2D eigenvalue weighted by molar-refractivity contribution is 7.16. The molecule has 1 aromatic heterocycles. The molecule has 2 N–H and O–H groups in total. The summed E-state index contributed by atoms with van der Waals surface area (Å²) >= 11 is 7.35. The molecule has 1 atom stereocenters. The minimum Gasteiger partial charge on any atom is -0.352 e. The molecule has 1 amide bonds. The third-order valence-electron chi connectivity index (χ3n) is 2.60. The Kier molecular flexibility index (Phi) is 5.95. The van der Waals surface area contributed by atoms with E-state index in [1.54, 1.807) is 0 Å². The van der Waals surface area contributed by atoms with E-state index in [4.69, 9.17) is 11.6 Å². The van der Waals surface area contributed by atoms with Gasteiger partial charge in [0.25, 0.3) is 0 Å². The quantitative estimate of drug-likeness (QED) is 0.837. The Labute approximate surface area is 112 Å². The first kappa shape index (κ1) is 14.5. The van der Waals surface area contributed by atoms with Gasteiger partial charge < -0.3 is 10.6 Å². The lowest BCUT2D eigenvalue weighted by molar-refractivity contribution is -0.121. The van der Waals surface area contributed by atoms with E-state index in [0.717, 1.165) is 9.21 Å². The number of carbonyl (C=O) groups is 1. The van der Waals surface area contributed by atoms with Gasteiger partial charge in [0.05, 0.1) is 10.9 Å². The number of hydrogen-bond acceptors (Lipinski definition) is 3. The molecule has 1 heterocycles. The minimum absolute atomic E-state index is 0.0360. The predicted octanol–water partition coefficient (Wildman–Crippen LogP) is 2.65. The van der Waals surface area contributed by atoms with Gasteiger partial charge in [-0.2, -0.15) is 0 Å². The van der Waals surface area contributed by atoms with Crippen LogP contribution >= 0.6 is 22.9 Å². The average molecular weight is 275 g/mol. The van der Waals surface area contributed by atoms with E-state index in [0.29, 0.717) is 19.0 Å². The van der Waals surface area contributed by atoms with E-state index in [2.05, 4.69) is 24.5 Å². The summed E-state index contributed by atoms with van der Waals surface area (Å²) in [6, 6.07) is 4.04. The minimum atomic E-state index is 0.0360. The van der Waals surface area contributed by atoms with Gasteiger partial charge in [-0.05, 0) is 25.0 Å². The second kappa shape index (κ2) is 6.99. The molecule has 17 heavy (non-hydrogen) atoms. The fourth-order valence-electron chi connectivity index (χ4n) is 1.22. The van der Waals surface area contributed by atoms with E-state index in [9.17, 15) is 4.79 Å². The van der Waals surface area contributed by atoms with Crippen molar-refractivity contribution in [2.45, 2.75) is 33.4 Å². The lowest BCUT2D eigenvalue weighted by Gasteiger charge is -2.17. The second-order valence-corrected chi connectivity index (χ2v) is 6.21. The molecule has 0 aliphatic rings. The highest BCUT2D eigenvalue weighted by Gasteiger charge is 2.10. The van der Waals surface area contributed by atoms with Crippen LogP contribution in [-0.4, -0.2) is 18.5 Å². The maximum atomic E-state index is 11.6. The molecule has 0 radical (unpaired) electrons. The van der Waals surface area contributed by atoms with Gasteiger partial charge in [-0.15, -0.1) is 11.3 Å². The Morgan fingerprint density at radius 2 is 2.12 bits per heavy atom. The highest BCUT2D eigenvalue weighted by atomic mass is 35.5. The summed E-state index contributed by atoms with van der Waals surface area (Å²) in [4.78, 5) is 12.7. The number of amides is 1. The molecule has 5 heteroatoms. The molecule has 1 unspecified atom stereocenters. The normalized spacial score (nSPS) is 12.8. The summed E-state index contributed by atoms with van der Waals surface area (Å²) in [6.45, 7) is 7.22. The number of nitrogens with one attached hydrogen (secondary N) is 2. The first-order valence-electron chi connectivity index (χ1n) is 5.73. The lowest BCUT2D eigenvalue weighted by atomic mass is 10.1. The molecule has 0 spiro atoms. The van der Waals surface area contributed by atoms with Crippen LogP contribution in [0.5, 0.6) is 0 Å². The zero-order valence-electron chi connectivity index (χ0n) is 10.4. The van der Waals surface area contributed by atoms with Gasteiger partial charge in [-0.3, -0.25) is 4.79 Å². The van der Waals surface area contributed by atoms with E-state index in [1.165, 1.54) is 11.3 Å². The monoisotopic (exact) mass is 274 g/mol. The number of thiophene rings is 1. The standard InChI is InChI=1S/C12H19ClN2OS/c1-8(2)9(3)15-12(16)7-14-6-10-4-5-11(13)17-10/h4-5,8-9,14H,6-7H2,1-3H3,(H,15,16). The van der Waals surface area contributed by atoms with Crippen LogP contribution < -0.4 is 10.6 Å². The lowest BCUT2D eigenvalue weighted by Crippen LogP contribution is -2.41. The summed E-state index contributed by atoms with van der Waals surface area (Å²) in [7, 11) is 0. The van der Waals surface area contributed by atoms with Gasteiger partial charge in [0, 0.05) is 17.5 Å². The SMILES string of the molecule is CC(C)C(C)NC(=O)CNCc1ccc(Cl)s1. The van der Waals surface area contributed by atoms with Crippen LogP contribution in [0.1, 0.15) is 25.6 Å². The van der Waals surface area contributed by atoms with Gasteiger partial charge in [-0.25, -0.2) is 0 Å². The molecule has 0 fully saturated rings. The van der Waals surface area contributed by atoms with Crippen LogP contribution in [0, 0.1) is 5.92 Å². The van der Waals surface area contributed by atoms with E-state index in [-0.39, 0.29) is 11.9 Å². The number of carbonyl (C=O) groups excluding carboxylic acids is 1. The van der Waals surface area contributed by atoms with Crippen LogP contribution in [0.25, 0.3) is 0 Å². The van der Waals surface area contributed by atoms with Gasteiger partial charge >= 0.3 is 0 Å². The number of hydrogen-bond donors (Lipinski definition) is 2. The average Bonchev–Trinajstić information content (AvgIpc) is 2.64. The van der Waals surface area contributed by atoms with E-state index < -0.39 is 0 Å². The molecule has 0 aliphatic carbocycles. The summed E-state index contributed by atoms with van der Waals surface area (Å²) in [5, 5.41) is 6.05. The van der Waals surface area contributed by atoms with Crippen molar-refractivity contribution in [3.63, 3.8) is 0 Å². The Bertz CT molecular complexity index is 365. The van der Waals surface area contributed by atoms with Crippen molar-refractivity contribution in [1.29, 1.82) is 0 Å². The van der Waals surface area contributed by atoms with Crippen molar-refractivity contribution in [1.82, 2.24) is 10.6 Å². The molecule has 96 valence electrons. The molecule has 0 saturated carbocycles. The predicted molar refractivity (Wildman–Crippen MR) is 73.5 cm³/mol. The largest absolute Gasteiger partial charge is 0.352 e. The van der Waals surface area contributed by atoms with E-state index >= 15 is 0 Å². The Morgan fingerprint density at radius 1 is 1.41 bits per heavy atom. The third kappa shape index (κ3) is 5.52. The molecule has 1 rings (SSSR count). The summed E-state index contributed by atoms with van der Waals surface area (Å²) in [5.74, 6) is 0.490. The molecule has 3 nitrogen and oxygen atoms in total. The summed E-state index contributed by atoms with van der Waals surface area (Å²) in [5.41, 5.74) is 0. The first-order valence-corrected chi connectivity index (χ1v) is 6.92. The Morgan fingerprint density at radius 3 is 2.65 bits per heavy atom. The first-order chi connectivity index (χ1) is 7.99. The molecule has 0 aromatic carbocycles.